The first-order valence-corrected chi connectivity index (χ1v) is 10.4. The highest BCUT2D eigenvalue weighted by Crippen LogP contribution is 2.22. The Morgan fingerprint density at radius 1 is 0.900 bits per heavy atom. The van der Waals surface area contributed by atoms with Crippen molar-refractivity contribution in [2.45, 2.75) is 33.6 Å². The van der Waals surface area contributed by atoms with Crippen molar-refractivity contribution in [2.24, 2.45) is 0 Å². The first kappa shape index (κ1) is 21.4. The molecule has 4 nitrogen and oxygen atoms in total. The number of benzene rings is 3. The number of aryl methyl sites for hydroxylation is 4. The van der Waals surface area contributed by atoms with Crippen molar-refractivity contribution in [3.8, 4) is 5.75 Å². The maximum atomic E-state index is 12.4. The van der Waals surface area contributed by atoms with Crippen molar-refractivity contribution in [3.05, 3.63) is 89.0 Å². The summed E-state index contributed by atoms with van der Waals surface area (Å²) in [5.74, 6) is 0.676. The monoisotopic (exact) mass is 402 g/mol. The Bertz CT molecular complexity index is 960. The van der Waals surface area contributed by atoms with Crippen LogP contribution in [0, 0.1) is 20.8 Å². The van der Waals surface area contributed by atoms with Crippen LogP contribution in [0.25, 0.3) is 0 Å². The van der Waals surface area contributed by atoms with Crippen LogP contribution in [0.15, 0.2) is 66.7 Å². The van der Waals surface area contributed by atoms with Gasteiger partial charge in [-0.1, -0.05) is 54.1 Å². The third-order valence-electron chi connectivity index (χ3n) is 4.94. The van der Waals surface area contributed by atoms with Crippen LogP contribution >= 0.6 is 0 Å². The predicted octanol–water partition coefficient (Wildman–Crippen LogP) is 5.67. The molecule has 156 valence electrons. The number of amides is 1. The number of hydrogen-bond acceptors (Lipinski definition) is 3. The minimum absolute atomic E-state index is 0.0874. The van der Waals surface area contributed by atoms with E-state index in [0.29, 0.717) is 6.61 Å². The van der Waals surface area contributed by atoms with Crippen LogP contribution in [0.2, 0.25) is 0 Å². The first-order valence-electron chi connectivity index (χ1n) is 10.4. The fraction of sp³-hybridized carbons (Fsp3) is 0.269. The van der Waals surface area contributed by atoms with Gasteiger partial charge < -0.3 is 15.4 Å². The third-order valence-corrected chi connectivity index (χ3v) is 4.94. The normalized spacial score (nSPS) is 10.5. The smallest absolute Gasteiger partial charge is 0.243 e. The number of nitrogens with one attached hydrogen (secondary N) is 2. The maximum Gasteiger partial charge on any atom is 0.243 e. The minimum atomic E-state index is -0.0874. The molecule has 1 amide bonds. The van der Waals surface area contributed by atoms with Crippen LogP contribution in [-0.2, 0) is 11.2 Å². The molecule has 0 fully saturated rings. The van der Waals surface area contributed by atoms with Crippen LogP contribution in [0.4, 0.5) is 11.4 Å². The highest BCUT2D eigenvalue weighted by atomic mass is 16.5. The fourth-order valence-corrected chi connectivity index (χ4v) is 3.61. The lowest BCUT2D eigenvalue weighted by atomic mass is 10.1. The minimum Gasteiger partial charge on any atom is -0.494 e. The number of anilines is 2. The summed E-state index contributed by atoms with van der Waals surface area (Å²) < 4.78 is 5.85. The molecule has 0 bridgehead atoms. The van der Waals surface area contributed by atoms with Gasteiger partial charge in [0, 0.05) is 17.4 Å². The average Bonchev–Trinajstić information content (AvgIpc) is 2.71. The van der Waals surface area contributed by atoms with Crippen molar-refractivity contribution in [2.75, 3.05) is 23.8 Å². The molecule has 0 unspecified atom stereocenters. The average molecular weight is 403 g/mol. The molecule has 3 aromatic rings. The van der Waals surface area contributed by atoms with Gasteiger partial charge in [0.1, 0.15) is 5.75 Å². The Labute approximate surface area is 179 Å². The summed E-state index contributed by atoms with van der Waals surface area (Å²) in [5, 5.41) is 6.19. The number of hydrogen-bond donors (Lipinski definition) is 2. The molecule has 30 heavy (non-hydrogen) atoms. The number of carbonyl (C=O) groups excluding carboxylic acids is 1. The molecule has 2 N–H and O–H groups in total. The second kappa shape index (κ2) is 10.5. The number of ether oxygens (including phenoxy) is 1. The van der Waals surface area contributed by atoms with Crippen LogP contribution in [0.5, 0.6) is 5.75 Å². The molecule has 0 aliphatic carbocycles. The zero-order valence-corrected chi connectivity index (χ0v) is 18.0. The van der Waals surface area contributed by atoms with Crippen molar-refractivity contribution >= 4 is 17.3 Å². The van der Waals surface area contributed by atoms with Crippen LogP contribution in [0.1, 0.15) is 28.7 Å². The van der Waals surface area contributed by atoms with E-state index in [1.165, 1.54) is 11.1 Å². The SMILES string of the molecule is Cc1cc(C)c(NCC(=O)Nc2cccc(OCCCc3ccccc3)c2)c(C)c1. The van der Waals surface area contributed by atoms with Gasteiger partial charge in [-0.15, -0.1) is 0 Å². The van der Waals surface area contributed by atoms with E-state index in [2.05, 4.69) is 67.8 Å². The molecule has 4 heteroatoms. The molecule has 0 aliphatic heterocycles. The van der Waals surface area contributed by atoms with Crippen molar-refractivity contribution in [1.29, 1.82) is 0 Å². The molecule has 0 spiro atoms. The molecule has 0 atom stereocenters. The molecular weight excluding hydrogens is 372 g/mol. The topological polar surface area (TPSA) is 50.4 Å². The lowest BCUT2D eigenvalue weighted by molar-refractivity contribution is -0.114. The third kappa shape index (κ3) is 6.38. The summed E-state index contributed by atoms with van der Waals surface area (Å²) in [7, 11) is 0. The van der Waals surface area contributed by atoms with Gasteiger partial charge in [-0.3, -0.25) is 4.79 Å². The van der Waals surface area contributed by atoms with E-state index >= 15 is 0 Å². The Balaban J connectivity index is 1.47. The molecule has 0 aliphatic rings. The van der Waals surface area contributed by atoms with Gasteiger partial charge in [-0.05, 0) is 62.4 Å². The highest BCUT2D eigenvalue weighted by Gasteiger charge is 2.07. The van der Waals surface area contributed by atoms with Gasteiger partial charge in [0.15, 0.2) is 0 Å². The Kier molecular flexibility index (Phi) is 7.50. The fourth-order valence-electron chi connectivity index (χ4n) is 3.61. The number of carbonyl (C=O) groups is 1. The lowest BCUT2D eigenvalue weighted by Gasteiger charge is -2.14. The standard InChI is InChI=1S/C26H30N2O2/c1-19-15-20(2)26(21(3)16-19)27-18-25(29)28-23-12-7-13-24(17-23)30-14-8-11-22-9-5-4-6-10-22/h4-7,9-10,12-13,15-17,27H,8,11,14,18H2,1-3H3,(H,28,29). The summed E-state index contributed by atoms with van der Waals surface area (Å²) in [5.41, 5.74) is 6.58. The summed E-state index contributed by atoms with van der Waals surface area (Å²) in [6, 6.07) is 22.2. The quantitative estimate of drug-likeness (QED) is 0.453. The van der Waals surface area contributed by atoms with Crippen molar-refractivity contribution in [3.63, 3.8) is 0 Å². The van der Waals surface area contributed by atoms with E-state index in [4.69, 9.17) is 4.74 Å². The van der Waals surface area contributed by atoms with E-state index in [1.54, 1.807) is 0 Å². The first-order chi connectivity index (χ1) is 14.5. The Morgan fingerprint density at radius 3 is 2.37 bits per heavy atom. The van der Waals surface area contributed by atoms with Gasteiger partial charge in [0.2, 0.25) is 5.91 Å². The lowest BCUT2D eigenvalue weighted by Crippen LogP contribution is -2.22. The second-order valence-corrected chi connectivity index (χ2v) is 7.64. The van der Waals surface area contributed by atoms with Gasteiger partial charge in [0.25, 0.3) is 0 Å². The van der Waals surface area contributed by atoms with Crippen LogP contribution in [0.3, 0.4) is 0 Å². The summed E-state index contributed by atoms with van der Waals surface area (Å²) in [4.78, 5) is 12.4. The van der Waals surface area contributed by atoms with Crippen molar-refractivity contribution in [1.82, 2.24) is 0 Å². The van der Waals surface area contributed by atoms with Crippen molar-refractivity contribution < 1.29 is 9.53 Å². The number of rotatable bonds is 9. The zero-order valence-electron chi connectivity index (χ0n) is 18.0. The Morgan fingerprint density at radius 2 is 1.63 bits per heavy atom. The van der Waals surface area contributed by atoms with E-state index in [1.807, 2.05) is 30.3 Å². The molecule has 0 radical (unpaired) electrons. The van der Waals surface area contributed by atoms with Gasteiger partial charge >= 0.3 is 0 Å². The van der Waals surface area contributed by atoms with Gasteiger partial charge in [0.05, 0.1) is 13.2 Å². The summed E-state index contributed by atoms with van der Waals surface area (Å²) in [6.07, 6.45) is 1.93. The summed E-state index contributed by atoms with van der Waals surface area (Å²) >= 11 is 0. The molecule has 0 saturated carbocycles. The molecule has 3 rings (SSSR count). The van der Waals surface area contributed by atoms with Gasteiger partial charge in [-0.2, -0.15) is 0 Å². The molecule has 0 heterocycles. The van der Waals surface area contributed by atoms with Crippen LogP contribution in [-0.4, -0.2) is 19.1 Å². The largest absolute Gasteiger partial charge is 0.494 e. The molecule has 0 saturated heterocycles. The molecule has 3 aromatic carbocycles. The van der Waals surface area contributed by atoms with E-state index in [9.17, 15) is 4.79 Å². The maximum absolute atomic E-state index is 12.4. The highest BCUT2D eigenvalue weighted by molar-refractivity contribution is 5.94. The Hall–Kier alpha value is -3.27. The van der Waals surface area contributed by atoms with E-state index in [-0.39, 0.29) is 12.5 Å². The predicted molar refractivity (Wildman–Crippen MR) is 124 cm³/mol. The second-order valence-electron chi connectivity index (χ2n) is 7.64. The zero-order chi connectivity index (χ0) is 21.3. The molecule has 0 aromatic heterocycles. The molecular formula is C26H30N2O2. The van der Waals surface area contributed by atoms with Gasteiger partial charge in [-0.25, -0.2) is 0 Å². The van der Waals surface area contributed by atoms with E-state index < -0.39 is 0 Å². The summed E-state index contributed by atoms with van der Waals surface area (Å²) in [6.45, 7) is 7.04. The van der Waals surface area contributed by atoms with E-state index in [0.717, 1.165) is 41.1 Å². The van der Waals surface area contributed by atoms with Crippen LogP contribution < -0.4 is 15.4 Å².